The van der Waals surface area contributed by atoms with Gasteiger partial charge >= 0.3 is 0 Å². The number of carbonyl (C=O) groups excluding carboxylic acids is 1. The monoisotopic (exact) mass is 472 g/mol. The average Bonchev–Trinajstić information content (AvgIpc) is 3.35. The van der Waals surface area contributed by atoms with Gasteiger partial charge in [0.25, 0.3) is 5.91 Å². The maximum Gasteiger partial charge on any atom is 0.256 e. The first-order chi connectivity index (χ1) is 17.1. The van der Waals surface area contributed by atoms with Crippen molar-refractivity contribution in [1.29, 1.82) is 0 Å². The molecule has 0 spiro atoms. The number of amides is 1. The van der Waals surface area contributed by atoms with E-state index in [4.69, 9.17) is 15.9 Å². The number of nitrogens with one attached hydrogen (secondary N) is 2. The number of H-pyrrole nitrogens is 1. The molecule has 2 aromatic carbocycles. The first-order valence-corrected chi connectivity index (χ1v) is 11.9. The molecule has 0 unspecified atom stereocenters. The van der Waals surface area contributed by atoms with Crippen molar-refractivity contribution in [2.24, 2.45) is 0 Å². The normalized spacial score (nSPS) is 14.3. The minimum Gasteiger partial charge on any atom is -0.497 e. The molecule has 0 aliphatic carbocycles. The minimum absolute atomic E-state index is 0.170. The van der Waals surface area contributed by atoms with Crippen LogP contribution >= 0.6 is 0 Å². The van der Waals surface area contributed by atoms with Crippen molar-refractivity contribution in [3.63, 3.8) is 0 Å². The van der Waals surface area contributed by atoms with E-state index < -0.39 is 0 Å². The zero-order valence-corrected chi connectivity index (χ0v) is 20.3. The van der Waals surface area contributed by atoms with E-state index >= 15 is 0 Å². The number of aromatic nitrogens is 2. The fraction of sp³-hybridized carbons (Fsp3) is 0.357. The summed E-state index contributed by atoms with van der Waals surface area (Å²) in [6, 6.07) is 15.6. The van der Waals surface area contributed by atoms with Gasteiger partial charge in [-0.25, -0.2) is 0 Å². The van der Waals surface area contributed by atoms with Gasteiger partial charge in [0, 0.05) is 23.4 Å². The molecule has 0 bridgehead atoms. The van der Waals surface area contributed by atoms with E-state index in [-0.39, 0.29) is 5.91 Å². The summed E-state index contributed by atoms with van der Waals surface area (Å²) < 4.78 is 10.7. The molecule has 2 heterocycles. The first-order valence-electron chi connectivity index (χ1n) is 11.9. The van der Waals surface area contributed by atoms with E-state index in [0.717, 1.165) is 68.1 Å². The summed E-state index contributed by atoms with van der Waals surface area (Å²) >= 11 is 0. The lowest BCUT2D eigenvalue weighted by Gasteiger charge is -2.30. The molecule has 7 heteroatoms. The third-order valence-corrected chi connectivity index (χ3v) is 6.51. The Hall–Kier alpha value is -3.76. The van der Waals surface area contributed by atoms with Crippen LogP contribution in [0, 0.1) is 12.3 Å². The maximum absolute atomic E-state index is 12.7. The van der Waals surface area contributed by atoms with Crippen LogP contribution in [0.25, 0.3) is 0 Å². The van der Waals surface area contributed by atoms with E-state index in [1.54, 1.807) is 14.2 Å². The molecule has 1 saturated heterocycles. The smallest absolute Gasteiger partial charge is 0.256 e. The van der Waals surface area contributed by atoms with Crippen molar-refractivity contribution in [3.05, 3.63) is 70.9 Å². The highest BCUT2D eigenvalue weighted by molar-refractivity contribution is 6.03. The molecule has 3 aromatic rings. The fourth-order valence-electron chi connectivity index (χ4n) is 4.49. The molecule has 0 saturated carbocycles. The van der Waals surface area contributed by atoms with Gasteiger partial charge in [0.15, 0.2) is 5.82 Å². The summed E-state index contributed by atoms with van der Waals surface area (Å²) in [4.78, 5) is 15.0. The van der Waals surface area contributed by atoms with Gasteiger partial charge in [-0.05, 0) is 80.1 Å². The third kappa shape index (κ3) is 6.43. The number of ether oxygens (including phenoxy) is 2. The summed E-state index contributed by atoms with van der Waals surface area (Å²) in [5, 5.41) is 10.1. The average molecular weight is 473 g/mol. The second kappa shape index (κ2) is 11.6. The number of piperidine rings is 1. The van der Waals surface area contributed by atoms with Crippen LogP contribution in [0.4, 0.5) is 5.82 Å². The Balaban J connectivity index is 1.30. The van der Waals surface area contributed by atoms with Crippen LogP contribution in [0.3, 0.4) is 0 Å². The Morgan fingerprint density at radius 2 is 1.77 bits per heavy atom. The van der Waals surface area contributed by atoms with Gasteiger partial charge in [0.05, 0.1) is 20.8 Å². The number of aromatic amines is 1. The van der Waals surface area contributed by atoms with Crippen LogP contribution in [0.15, 0.2) is 48.5 Å². The van der Waals surface area contributed by atoms with Crippen molar-refractivity contribution < 1.29 is 14.3 Å². The summed E-state index contributed by atoms with van der Waals surface area (Å²) in [6.07, 6.45) is 9.13. The quantitative estimate of drug-likeness (QED) is 0.455. The van der Waals surface area contributed by atoms with Crippen molar-refractivity contribution in [1.82, 2.24) is 15.1 Å². The predicted molar refractivity (Wildman–Crippen MR) is 137 cm³/mol. The summed E-state index contributed by atoms with van der Waals surface area (Å²) in [7, 11) is 3.28. The standard InChI is InChI=1S/C28H32N4O3/c1-4-13-32-14-11-22(12-15-32)21-6-8-23(9-7-21)28(33)29-27-18-24(30-31-27)10-5-20-16-25(34-2)19-26(17-20)35-3/h1,6-9,16-19,22H,5,10-15H2,2-3H3,(H2,29,30,31,33). The van der Waals surface area contributed by atoms with Gasteiger partial charge in [-0.15, -0.1) is 6.42 Å². The molecule has 4 rings (SSSR count). The van der Waals surface area contributed by atoms with Gasteiger partial charge in [-0.1, -0.05) is 18.1 Å². The second-order valence-corrected chi connectivity index (χ2v) is 8.83. The highest BCUT2D eigenvalue weighted by Crippen LogP contribution is 2.28. The molecule has 35 heavy (non-hydrogen) atoms. The Morgan fingerprint density at radius 3 is 2.40 bits per heavy atom. The number of methoxy groups -OCH3 is 2. The number of terminal acetylenes is 1. The van der Waals surface area contributed by atoms with Crippen LogP contribution < -0.4 is 14.8 Å². The Morgan fingerprint density at radius 1 is 1.09 bits per heavy atom. The number of hydrogen-bond acceptors (Lipinski definition) is 5. The lowest BCUT2D eigenvalue weighted by molar-refractivity contribution is 0.102. The predicted octanol–water partition coefficient (Wildman–Crippen LogP) is 4.28. The number of aryl methyl sites for hydroxylation is 2. The van der Waals surface area contributed by atoms with Crippen molar-refractivity contribution in [2.45, 2.75) is 31.6 Å². The number of hydrogen-bond donors (Lipinski definition) is 2. The SMILES string of the molecule is C#CCN1CCC(c2ccc(C(=O)Nc3cc(CCc4cc(OC)cc(OC)c4)[nH]n3)cc2)CC1. The molecule has 1 aliphatic heterocycles. The number of carbonyl (C=O) groups is 1. The molecule has 1 aromatic heterocycles. The van der Waals surface area contributed by atoms with Crippen LogP contribution in [0.2, 0.25) is 0 Å². The third-order valence-electron chi connectivity index (χ3n) is 6.51. The molecule has 182 valence electrons. The maximum atomic E-state index is 12.7. The van der Waals surface area contributed by atoms with Gasteiger partial charge < -0.3 is 14.8 Å². The van der Waals surface area contributed by atoms with Crippen LogP contribution in [0.5, 0.6) is 11.5 Å². The van der Waals surface area contributed by atoms with Crippen molar-refractivity contribution >= 4 is 11.7 Å². The summed E-state index contributed by atoms with van der Waals surface area (Å²) in [5.41, 5.74) is 3.93. The van der Waals surface area contributed by atoms with E-state index in [9.17, 15) is 4.79 Å². The molecule has 0 radical (unpaired) electrons. The number of benzene rings is 2. The van der Waals surface area contributed by atoms with Gasteiger partial charge in [-0.2, -0.15) is 5.10 Å². The lowest BCUT2D eigenvalue weighted by Crippen LogP contribution is -2.33. The Bertz CT molecular complexity index is 1150. The van der Waals surface area contributed by atoms with Crippen LogP contribution in [-0.2, 0) is 12.8 Å². The van der Waals surface area contributed by atoms with Crippen molar-refractivity contribution in [2.75, 3.05) is 39.2 Å². The van der Waals surface area contributed by atoms with Crippen molar-refractivity contribution in [3.8, 4) is 23.8 Å². The first kappa shape index (κ1) is 24.4. The van der Waals surface area contributed by atoms with E-state index in [2.05, 4.69) is 38.5 Å². The molecular formula is C28H32N4O3. The summed E-state index contributed by atoms with van der Waals surface area (Å²) in [6.45, 7) is 2.75. The largest absolute Gasteiger partial charge is 0.497 e. The topological polar surface area (TPSA) is 79.5 Å². The Labute approximate surface area is 206 Å². The fourth-order valence-corrected chi connectivity index (χ4v) is 4.49. The number of rotatable bonds is 9. The minimum atomic E-state index is -0.170. The molecular weight excluding hydrogens is 440 g/mol. The molecule has 2 N–H and O–H groups in total. The highest BCUT2D eigenvalue weighted by Gasteiger charge is 2.20. The number of likely N-dealkylation sites (tertiary alicyclic amines) is 1. The summed E-state index contributed by atoms with van der Waals surface area (Å²) in [5.74, 6) is 5.10. The Kier molecular flexibility index (Phi) is 8.07. The molecule has 7 nitrogen and oxygen atoms in total. The zero-order valence-electron chi connectivity index (χ0n) is 20.3. The van der Waals surface area contributed by atoms with E-state index in [1.807, 2.05) is 36.4 Å². The van der Waals surface area contributed by atoms with Gasteiger partial charge in [0.2, 0.25) is 0 Å². The second-order valence-electron chi connectivity index (χ2n) is 8.83. The van der Waals surface area contributed by atoms with E-state index in [1.165, 1.54) is 5.56 Å². The lowest BCUT2D eigenvalue weighted by atomic mass is 9.89. The van der Waals surface area contributed by atoms with Crippen LogP contribution in [-0.4, -0.2) is 54.9 Å². The molecule has 1 amide bonds. The molecule has 0 atom stereocenters. The number of nitrogens with zero attached hydrogens (tertiary/aromatic N) is 2. The zero-order chi connectivity index (χ0) is 24.6. The highest BCUT2D eigenvalue weighted by atomic mass is 16.5. The van der Waals surface area contributed by atoms with Gasteiger partial charge in [0.1, 0.15) is 11.5 Å². The van der Waals surface area contributed by atoms with Crippen LogP contribution in [0.1, 0.15) is 45.9 Å². The number of anilines is 1. The van der Waals surface area contributed by atoms with E-state index in [0.29, 0.717) is 17.3 Å². The molecule has 1 fully saturated rings. The van der Waals surface area contributed by atoms with Gasteiger partial charge in [-0.3, -0.25) is 14.8 Å². The molecule has 1 aliphatic rings.